The molecule has 0 radical (unpaired) electrons. The van der Waals surface area contributed by atoms with Crippen LogP contribution >= 0.6 is 0 Å². The SMILES string of the molecule is CCCCOC1(c2ccccc2)C[NH+](C)CCO1.[Cl-]. The molecule has 0 bridgehead atoms. The van der Waals surface area contributed by atoms with Crippen molar-refractivity contribution in [2.75, 3.05) is 33.4 Å². The van der Waals surface area contributed by atoms with Crippen LogP contribution in [0, 0.1) is 0 Å². The van der Waals surface area contributed by atoms with Gasteiger partial charge in [0.2, 0.25) is 5.79 Å². The van der Waals surface area contributed by atoms with E-state index in [9.17, 15) is 0 Å². The highest BCUT2D eigenvalue weighted by atomic mass is 35.5. The molecule has 3 nitrogen and oxygen atoms in total. The molecule has 0 amide bonds. The molecule has 2 rings (SSSR count). The van der Waals surface area contributed by atoms with E-state index in [1.165, 1.54) is 4.90 Å². The van der Waals surface area contributed by atoms with Gasteiger partial charge in [-0.05, 0) is 6.42 Å². The fourth-order valence-corrected chi connectivity index (χ4v) is 2.36. The quantitative estimate of drug-likeness (QED) is 0.646. The summed E-state index contributed by atoms with van der Waals surface area (Å²) >= 11 is 0. The van der Waals surface area contributed by atoms with Crippen molar-refractivity contribution in [2.24, 2.45) is 0 Å². The minimum absolute atomic E-state index is 0. The third-order valence-electron chi connectivity index (χ3n) is 3.45. The van der Waals surface area contributed by atoms with Crippen molar-refractivity contribution in [3.8, 4) is 0 Å². The lowest BCUT2D eigenvalue weighted by atomic mass is 10.0. The van der Waals surface area contributed by atoms with Crippen LogP contribution in [0.2, 0.25) is 0 Å². The zero-order chi connectivity index (χ0) is 12.8. The first-order valence-electron chi connectivity index (χ1n) is 6.91. The first-order valence-corrected chi connectivity index (χ1v) is 6.91. The molecule has 1 saturated heterocycles. The van der Waals surface area contributed by atoms with Crippen LogP contribution in [0.1, 0.15) is 25.3 Å². The molecule has 1 aromatic carbocycles. The molecule has 108 valence electrons. The normalized spacial score (nSPS) is 26.7. The van der Waals surface area contributed by atoms with Crippen LogP contribution in [-0.2, 0) is 15.3 Å². The summed E-state index contributed by atoms with van der Waals surface area (Å²) in [6.45, 7) is 5.62. The highest BCUT2D eigenvalue weighted by Crippen LogP contribution is 2.27. The molecule has 1 aromatic rings. The van der Waals surface area contributed by atoms with Crippen molar-refractivity contribution in [2.45, 2.75) is 25.6 Å². The van der Waals surface area contributed by atoms with E-state index < -0.39 is 5.79 Å². The van der Waals surface area contributed by atoms with E-state index in [2.05, 4.69) is 26.1 Å². The number of likely N-dealkylation sites (N-methyl/N-ethyl adjacent to an activating group) is 1. The molecule has 4 heteroatoms. The Labute approximate surface area is 122 Å². The van der Waals surface area contributed by atoms with E-state index in [1.807, 2.05) is 18.2 Å². The predicted octanol–water partition coefficient (Wildman–Crippen LogP) is -1.79. The maximum Gasteiger partial charge on any atom is 0.246 e. The van der Waals surface area contributed by atoms with E-state index in [1.54, 1.807) is 0 Å². The van der Waals surface area contributed by atoms with Gasteiger partial charge in [-0.2, -0.15) is 0 Å². The number of ether oxygens (including phenoxy) is 2. The number of rotatable bonds is 5. The molecule has 2 unspecified atom stereocenters. The molecule has 1 N–H and O–H groups in total. The van der Waals surface area contributed by atoms with Crippen LogP contribution in [0.25, 0.3) is 0 Å². The number of morpholine rings is 1. The van der Waals surface area contributed by atoms with Crippen LogP contribution < -0.4 is 17.3 Å². The molecule has 19 heavy (non-hydrogen) atoms. The van der Waals surface area contributed by atoms with Gasteiger partial charge in [0.25, 0.3) is 0 Å². The Morgan fingerprint density at radius 2 is 2.05 bits per heavy atom. The summed E-state index contributed by atoms with van der Waals surface area (Å²) in [6, 6.07) is 10.3. The van der Waals surface area contributed by atoms with Gasteiger partial charge in [-0.3, -0.25) is 0 Å². The van der Waals surface area contributed by atoms with Crippen LogP contribution in [0.15, 0.2) is 30.3 Å². The highest BCUT2D eigenvalue weighted by Gasteiger charge is 2.41. The van der Waals surface area contributed by atoms with Gasteiger partial charge in [0.1, 0.15) is 13.1 Å². The average molecular weight is 286 g/mol. The maximum atomic E-state index is 6.12. The molecular formula is C15H24ClNO2. The van der Waals surface area contributed by atoms with Crippen LogP contribution in [-0.4, -0.2) is 33.4 Å². The van der Waals surface area contributed by atoms with Gasteiger partial charge in [-0.1, -0.05) is 43.7 Å². The van der Waals surface area contributed by atoms with Crippen LogP contribution in [0.3, 0.4) is 0 Å². The Morgan fingerprint density at radius 3 is 2.68 bits per heavy atom. The summed E-state index contributed by atoms with van der Waals surface area (Å²) in [7, 11) is 2.20. The smallest absolute Gasteiger partial charge is 0.246 e. The Bertz CT molecular complexity index is 360. The van der Waals surface area contributed by atoms with Gasteiger partial charge in [0, 0.05) is 5.56 Å². The van der Waals surface area contributed by atoms with Crippen molar-refractivity contribution in [1.29, 1.82) is 0 Å². The minimum Gasteiger partial charge on any atom is -1.00 e. The molecule has 1 aliphatic heterocycles. The fourth-order valence-electron chi connectivity index (χ4n) is 2.36. The summed E-state index contributed by atoms with van der Waals surface area (Å²) < 4.78 is 12.1. The average Bonchev–Trinajstić information content (AvgIpc) is 2.40. The van der Waals surface area contributed by atoms with E-state index in [0.29, 0.717) is 0 Å². The first-order chi connectivity index (χ1) is 8.77. The van der Waals surface area contributed by atoms with Gasteiger partial charge >= 0.3 is 0 Å². The van der Waals surface area contributed by atoms with E-state index in [4.69, 9.17) is 9.47 Å². The molecular weight excluding hydrogens is 262 g/mol. The number of benzene rings is 1. The van der Waals surface area contributed by atoms with Gasteiger partial charge < -0.3 is 26.8 Å². The molecule has 0 aliphatic carbocycles. The van der Waals surface area contributed by atoms with E-state index in [0.717, 1.165) is 44.7 Å². The second-order valence-corrected chi connectivity index (χ2v) is 5.05. The number of halogens is 1. The van der Waals surface area contributed by atoms with E-state index >= 15 is 0 Å². The van der Waals surface area contributed by atoms with Crippen molar-refractivity contribution in [1.82, 2.24) is 0 Å². The third-order valence-corrected chi connectivity index (χ3v) is 3.45. The minimum atomic E-state index is -0.543. The maximum absolute atomic E-state index is 6.12. The number of quaternary nitrogens is 1. The summed E-state index contributed by atoms with van der Waals surface area (Å²) in [4.78, 5) is 1.46. The monoisotopic (exact) mass is 285 g/mol. The number of nitrogens with one attached hydrogen (secondary N) is 1. The number of hydrogen-bond donors (Lipinski definition) is 1. The van der Waals surface area contributed by atoms with Crippen LogP contribution in [0.4, 0.5) is 0 Å². The molecule has 2 atom stereocenters. The summed E-state index contributed by atoms with van der Waals surface area (Å²) in [5.74, 6) is -0.543. The number of hydrogen-bond acceptors (Lipinski definition) is 2. The summed E-state index contributed by atoms with van der Waals surface area (Å²) in [5.41, 5.74) is 1.14. The largest absolute Gasteiger partial charge is 1.00 e. The van der Waals surface area contributed by atoms with Crippen molar-refractivity contribution in [3.05, 3.63) is 35.9 Å². The molecule has 0 aromatic heterocycles. The Hall–Kier alpha value is -0.610. The molecule has 1 fully saturated rings. The third kappa shape index (κ3) is 4.18. The zero-order valence-corrected chi connectivity index (χ0v) is 12.6. The Morgan fingerprint density at radius 1 is 1.32 bits per heavy atom. The topological polar surface area (TPSA) is 22.9 Å². The Balaban J connectivity index is 0.00000180. The number of unbranched alkanes of at least 4 members (excludes halogenated alkanes) is 1. The van der Waals surface area contributed by atoms with Crippen molar-refractivity contribution in [3.63, 3.8) is 0 Å². The van der Waals surface area contributed by atoms with Gasteiger partial charge in [-0.25, -0.2) is 0 Å². The summed E-state index contributed by atoms with van der Waals surface area (Å²) in [6.07, 6.45) is 2.23. The van der Waals surface area contributed by atoms with Crippen molar-refractivity contribution >= 4 is 0 Å². The lowest BCUT2D eigenvalue weighted by Gasteiger charge is -2.39. The lowest BCUT2D eigenvalue weighted by Crippen LogP contribution is -3.12. The van der Waals surface area contributed by atoms with E-state index in [-0.39, 0.29) is 12.4 Å². The molecule has 1 heterocycles. The summed E-state index contributed by atoms with van der Waals surface area (Å²) in [5, 5.41) is 0. The fraction of sp³-hybridized carbons (Fsp3) is 0.600. The lowest BCUT2D eigenvalue weighted by molar-refractivity contribution is -0.904. The first kappa shape index (κ1) is 16.4. The molecule has 0 spiro atoms. The zero-order valence-electron chi connectivity index (χ0n) is 11.8. The molecule has 1 aliphatic rings. The van der Waals surface area contributed by atoms with Gasteiger partial charge in [0.15, 0.2) is 0 Å². The Kier molecular flexibility index (Phi) is 6.80. The predicted molar refractivity (Wildman–Crippen MR) is 71.6 cm³/mol. The molecule has 0 saturated carbocycles. The van der Waals surface area contributed by atoms with Gasteiger partial charge in [-0.15, -0.1) is 0 Å². The highest BCUT2D eigenvalue weighted by molar-refractivity contribution is 5.20. The van der Waals surface area contributed by atoms with Crippen LogP contribution in [0.5, 0.6) is 0 Å². The standard InChI is InChI=1S/C15H23NO2.ClH/c1-3-4-11-17-15(13-16(2)10-12-18-15)14-8-6-5-7-9-14;/h5-9H,3-4,10-13H2,1-2H3;1H. The second kappa shape index (κ2) is 7.85. The van der Waals surface area contributed by atoms with Gasteiger partial charge in [0.05, 0.1) is 20.3 Å². The van der Waals surface area contributed by atoms with Crippen molar-refractivity contribution < 1.29 is 26.8 Å². The second-order valence-electron chi connectivity index (χ2n) is 5.05.